The summed E-state index contributed by atoms with van der Waals surface area (Å²) in [6.45, 7) is 1.40. The van der Waals surface area contributed by atoms with Gasteiger partial charge in [-0.05, 0) is 31.0 Å². The van der Waals surface area contributed by atoms with Crippen molar-refractivity contribution in [3.63, 3.8) is 0 Å². The predicted molar refractivity (Wildman–Crippen MR) is 64.0 cm³/mol. The molecule has 0 fully saturated rings. The zero-order chi connectivity index (χ0) is 12.1. The summed E-state index contributed by atoms with van der Waals surface area (Å²) < 4.78 is 5.53. The van der Waals surface area contributed by atoms with Crippen molar-refractivity contribution in [2.24, 2.45) is 5.92 Å². The van der Waals surface area contributed by atoms with Crippen molar-refractivity contribution in [1.29, 1.82) is 0 Å². The quantitative estimate of drug-likeness (QED) is 0.630. The lowest BCUT2D eigenvalue weighted by Gasteiger charge is -2.11. The second kappa shape index (κ2) is 5.80. The van der Waals surface area contributed by atoms with E-state index in [1.165, 1.54) is 14.0 Å². The smallest absolute Gasteiger partial charge is 0.316 e. The van der Waals surface area contributed by atoms with E-state index >= 15 is 0 Å². The van der Waals surface area contributed by atoms with Crippen molar-refractivity contribution < 1.29 is 14.3 Å². The van der Waals surface area contributed by atoms with E-state index in [1.54, 1.807) is 0 Å². The number of esters is 1. The maximum Gasteiger partial charge on any atom is 0.316 e. The van der Waals surface area contributed by atoms with Crippen molar-refractivity contribution >= 4 is 27.7 Å². The predicted octanol–water partition coefficient (Wildman–Crippen LogP) is 2.37. The van der Waals surface area contributed by atoms with Gasteiger partial charge in [-0.3, -0.25) is 9.59 Å². The molecular formula is C12H13BrO3. The number of Topliss-reactive ketones (excluding diaryl/α,β-unsaturated/α-hetero) is 1. The summed E-state index contributed by atoms with van der Waals surface area (Å²) in [5.74, 6) is -1.36. The summed E-state index contributed by atoms with van der Waals surface area (Å²) >= 11 is 3.34. The second-order valence-corrected chi connectivity index (χ2v) is 4.44. The Morgan fingerprint density at radius 3 is 2.62 bits per heavy atom. The third-order valence-corrected chi connectivity index (χ3v) is 2.80. The van der Waals surface area contributed by atoms with Crippen molar-refractivity contribution in [2.45, 2.75) is 13.3 Å². The molecule has 0 aliphatic heterocycles. The first-order chi connectivity index (χ1) is 7.54. The number of carbonyl (C=O) groups excluding carboxylic acids is 2. The molecule has 0 bridgehead atoms. The molecule has 4 heteroatoms. The van der Waals surface area contributed by atoms with Gasteiger partial charge in [-0.1, -0.05) is 28.1 Å². The summed E-state index contributed by atoms with van der Waals surface area (Å²) in [5.41, 5.74) is 0.931. The number of hydrogen-bond donors (Lipinski definition) is 0. The number of rotatable bonds is 4. The largest absolute Gasteiger partial charge is 0.468 e. The van der Waals surface area contributed by atoms with Crippen molar-refractivity contribution in [1.82, 2.24) is 0 Å². The van der Waals surface area contributed by atoms with Crippen LogP contribution in [0.1, 0.15) is 12.5 Å². The van der Waals surface area contributed by atoms with Gasteiger partial charge in [-0.25, -0.2) is 0 Å². The Hall–Kier alpha value is -1.16. The third kappa shape index (κ3) is 3.45. The van der Waals surface area contributed by atoms with Crippen LogP contribution in [0, 0.1) is 5.92 Å². The molecule has 1 aromatic carbocycles. The highest BCUT2D eigenvalue weighted by Crippen LogP contribution is 2.16. The van der Waals surface area contributed by atoms with E-state index in [9.17, 15) is 9.59 Å². The van der Waals surface area contributed by atoms with Gasteiger partial charge in [0.2, 0.25) is 0 Å². The molecule has 0 aliphatic rings. The van der Waals surface area contributed by atoms with Gasteiger partial charge in [0.15, 0.2) is 0 Å². The minimum atomic E-state index is -0.709. The Kier molecular flexibility index (Phi) is 4.68. The minimum Gasteiger partial charge on any atom is -0.468 e. The number of halogens is 1. The highest BCUT2D eigenvalue weighted by Gasteiger charge is 2.24. The first-order valence-corrected chi connectivity index (χ1v) is 5.66. The third-order valence-electron chi connectivity index (χ3n) is 2.31. The summed E-state index contributed by atoms with van der Waals surface area (Å²) in [7, 11) is 1.29. The van der Waals surface area contributed by atoms with Gasteiger partial charge in [0.05, 0.1) is 7.11 Å². The second-order valence-electron chi connectivity index (χ2n) is 3.52. The molecule has 3 nitrogen and oxygen atoms in total. The molecule has 0 saturated heterocycles. The van der Waals surface area contributed by atoms with E-state index in [0.29, 0.717) is 6.42 Å². The van der Waals surface area contributed by atoms with Gasteiger partial charge in [0, 0.05) is 4.47 Å². The maximum absolute atomic E-state index is 11.4. The maximum atomic E-state index is 11.4. The van der Waals surface area contributed by atoms with Gasteiger partial charge in [-0.15, -0.1) is 0 Å². The van der Waals surface area contributed by atoms with Crippen molar-refractivity contribution in [3.05, 3.63) is 34.3 Å². The molecule has 1 atom stereocenters. The van der Waals surface area contributed by atoms with E-state index in [-0.39, 0.29) is 5.78 Å². The van der Waals surface area contributed by atoms with Crippen LogP contribution in [0.15, 0.2) is 28.7 Å². The van der Waals surface area contributed by atoms with Crippen molar-refractivity contribution in [3.8, 4) is 0 Å². The topological polar surface area (TPSA) is 43.4 Å². The fraction of sp³-hybridized carbons (Fsp3) is 0.333. The number of hydrogen-bond acceptors (Lipinski definition) is 3. The van der Waals surface area contributed by atoms with Crippen LogP contribution in [0.4, 0.5) is 0 Å². The molecule has 0 heterocycles. The van der Waals surface area contributed by atoms with Crippen LogP contribution in [-0.4, -0.2) is 18.9 Å². The van der Waals surface area contributed by atoms with Gasteiger partial charge < -0.3 is 4.74 Å². The molecular weight excluding hydrogens is 272 g/mol. The summed E-state index contributed by atoms with van der Waals surface area (Å²) in [6.07, 6.45) is 0.376. The van der Waals surface area contributed by atoms with Gasteiger partial charge in [-0.2, -0.15) is 0 Å². The van der Waals surface area contributed by atoms with Crippen LogP contribution in [0.3, 0.4) is 0 Å². The number of ketones is 1. The average Bonchev–Trinajstić information content (AvgIpc) is 2.24. The normalized spacial score (nSPS) is 11.9. The van der Waals surface area contributed by atoms with Gasteiger partial charge in [0.25, 0.3) is 0 Å². The zero-order valence-corrected chi connectivity index (χ0v) is 10.8. The van der Waals surface area contributed by atoms with Crippen LogP contribution < -0.4 is 0 Å². The molecule has 0 unspecified atom stereocenters. The van der Waals surface area contributed by atoms with Crippen LogP contribution >= 0.6 is 15.9 Å². The molecule has 0 amide bonds. The van der Waals surface area contributed by atoms with E-state index in [4.69, 9.17) is 0 Å². The van der Waals surface area contributed by atoms with Crippen LogP contribution in [0.2, 0.25) is 0 Å². The lowest BCUT2D eigenvalue weighted by atomic mass is 9.96. The summed E-state index contributed by atoms with van der Waals surface area (Å²) in [5, 5.41) is 0. The lowest BCUT2D eigenvalue weighted by molar-refractivity contribution is -0.148. The van der Waals surface area contributed by atoms with Gasteiger partial charge in [0.1, 0.15) is 11.7 Å². The SMILES string of the molecule is COC(=O)[C@H](Cc1cccc(Br)c1)C(C)=O. The van der Waals surface area contributed by atoms with Crippen LogP contribution in [-0.2, 0) is 20.7 Å². The van der Waals surface area contributed by atoms with E-state index in [0.717, 1.165) is 10.0 Å². The number of benzene rings is 1. The molecule has 0 spiro atoms. The highest BCUT2D eigenvalue weighted by molar-refractivity contribution is 9.10. The Morgan fingerprint density at radius 2 is 2.12 bits per heavy atom. The fourth-order valence-corrected chi connectivity index (χ4v) is 1.88. The molecule has 86 valence electrons. The molecule has 0 saturated carbocycles. The van der Waals surface area contributed by atoms with E-state index in [2.05, 4.69) is 20.7 Å². The minimum absolute atomic E-state index is 0.174. The Balaban J connectivity index is 2.84. The Labute approximate surface area is 103 Å². The van der Waals surface area contributed by atoms with Crippen LogP contribution in [0.25, 0.3) is 0 Å². The molecule has 0 aromatic heterocycles. The summed E-state index contributed by atoms with van der Waals surface area (Å²) in [4.78, 5) is 22.7. The lowest BCUT2D eigenvalue weighted by Crippen LogP contribution is -2.25. The van der Waals surface area contributed by atoms with Crippen LogP contribution in [0.5, 0.6) is 0 Å². The number of carbonyl (C=O) groups is 2. The van der Waals surface area contributed by atoms with Crippen molar-refractivity contribution in [2.75, 3.05) is 7.11 Å². The highest BCUT2D eigenvalue weighted by atomic mass is 79.9. The fourth-order valence-electron chi connectivity index (χ4n) is 1.43. The molecule has 0 aliphatic carbocycles. The number of ether oxygens (including phenoxy) is 1. The first kappa shape index (κ1) is 12.9. The molecule has 1 rings (SSSR count). The average molecular weight is 285 g/mol. The standard InChI is InChI=1S/C12H13BrO3/c1-8(14)11(12(15)16-2)7-9-4-3-5-10(13)6-9/h3-6,11H,7H2,1-2H3/t11-/m1/s1. The summed E-state index contributed by atoms with van der Waals surface area (Å²) in [6, 6.07) is 7.53. The monoisotopic (exact) mass is 284 g/mol. The number of methoxy groups -OCH3 is 1. The Bertz CT molecular complexity index is 401. The molecule has 1 aromatic rings. The molecule has 16 heavy (non-hydrogen) atoms. The van der Waals surface area contributed by atoms with E-state index < -0.39 is 11.9 Å². The zero-order valence-electron chi connectivity index (χ0n) is 9.20. The Morgan fingerprint density at radius 1 is 1.44 bits per heavy atom. The first-order valence-electron chi connectivity index (χ1n) is 4.87. The van der Waals surface area contributed by atoms with E-state index in [1.807, 2.05) is 24.3 Å². The van der Waals surface area contributed by atoms with Gasteiger partial charge >= 0.3 is 5.97 Å². The molecule has 0 N–H and O–H groups in total. The molecule has 0 radical (unpaired) electrons.